The third-order valence-electron chi connectivity index (χ3n) is 3.38. The SMILES string of the molecule is CCCN(C(=O)c1c(Cl)cccc1Cl)C1CCNC1. The van der Waals surface area contributed by atoms with Gasteiger partial charge in [-0.05, 0) is 31.5 Å². The van der Waals surface area contributed by atoms with Gasteiger partial charge >= 0.3 is 0 Å². The fraction of sp³-hybridized carbons (Fsp3) is 0.500. The zero-order chi connectivity index (χ0) is 13.8. The molecule has 19 heavy (non-hydrogen) atoms. The van der Waals surface area contributed by atoms with Gasteiger partial charge in [-0.15, -0.1) is 0 Å². The Morgan fingerprint density at radius 2 is 2.11 bits per heavy atom. The molecule has 2 rings (SSSR count). The Balaban J connectivity index is 2.28. The van der Waals surface area contributed by atoms with E-state index in [2.05, 4.69) is 12.2 Å². The van der Waals surface area contributed by atoms with E-state index in [-0.39, 0.29) is 11.9 Å². The van der Waals surface area contributed by atoms with Gasteiger partial charge < -0.3 is 10.2 Å². The molecule has 1 heterocycles. The van der Waals surface area contributed by atoms with Gasteiger partial charge in [-0.1, -0.05) is 36.2 Å². The Morgan fingerprint density at radius 1 is 1.42 bits per heavy atom. The summed E-state index contributed by atoms with van der Waals surface area (Å²) in [6.45, 7) is 4.59. The van der Waals surface area contributed by atoms with Gasteiger partial charge in [0.05, 0.1) is 15.6 Å². The topological polar surface area (TPSA) is 32.3 Å². The molecular weight excluding hydrogens is 283 g/mol. The molecule has 0 aromatic heterocycles. The van der Waals surface area contributed by atoms with Crippen molar-refractivity contribution in [3.05, 3.63) is 33.8 Å². The molecule has 0 spiro atoms. The average molecular weight is 301 g/mol. The number of hydrogen-bond donors (Lipinski definition) is 1. The third-order valence-corrected chi connectivity index (χ3v) is 4.01. The Morgan fingerprint density at radius 3 is 2.63 bits per heavy atom. The molecule has 1 amide bonds. The van der Waals surface area contributed by atoms with Gasteiger partial charge in [0, 0.05) is 19.1 Å². The second kappa shape index (κ2) is 6.60. The molecule has 0 aliphatic carbocycles. The maximum atomic E-state index is 12.7. The quantitative estimate of drug-likeness (QED) is 0.926. The van der Waals surface area contributed by atoms with E-state index in [1.54, 1.807) is 18.2 Å². The molecule has 5 heteroatoms. The number of nitrogens with zero attached hydrogens (tertiary/aromatic N) is 1. The Hall–Kier alpha value is -0.770. The van der Waals surface area contributed by atoms with E-state index in [1.807, 2.05) is 4.90 Å². The number of carbonyl (C=O) groups is 1. The predicted molar refractivity (Wildman–Crippen MR) is 79.1 cm³/mol. The average Bonchev–Trinajstić information content (AvgIpc) is 2.89. The zero-order valence-electron chi connectivity index (χ0n) is 11.0. The minimum atomic E-state index is -0.0637. The number of benzene rings is 1. The van der Waals surface area contributed by atoms with Crippen molar-refractivity contribution in [3.8, 4) is 0 Å². The predicted octanol–water partition coefficient (Wildman–Crippen LogP) is 3.21. The first-order chi connectivity index (χ1) is 9.15. The molecule has 1 aliphatic heterocycles. The Labute approximate surface area is 123 Å². The molecule has 1 aliphatic rings. The van der Waals surface area contributed by atoms with Crippen LogP contribution in [0, 0.1) is 0 Å². The lowest BCUT2D eigenvalue weighted by atomic mass is 10.1. The fourth-order valence-corrected chi connectivity index (χ4v) is 3.00. The van der Waals surface area contributed by atoms with E-state index in [4.69, 9.17) is 23.2 Å². The number of carbonyl (C=O) groups excluding carboxylic acids is 1. The van der Waals surface area contributed by atoms with Gasteiger partial charge in [0.1, 0.15) is 0 Å². The van der Waals surface area contributed by atoms with Crippen molar-refractivity contribution in [2.24, 2.45) is 0 Å². The van der Waals surface area contributed by atoms with Gasteiger partial charge in [0.2, 0.25) is 0 Å². The lowest BCUT2D eigenvalue weighted by molar-refractivity contribution is 0.0692. The molecule has 1 unspecified atom stereocenters. The molecule has 1 saturated heterocycles. The van der Waals surface area contributed by atoms with Gasteiger partial charge in [0.15, 0.2) is 0 Å². The van der Waals surface area contributed by atoms with Crippen molar-refractivity contribution in [3.63, 3.8) is 0 Å². The van der Waals surface area contributed by atoms with E-state index >= 15 is 0 Å². The van der Waals surface area contributed by atoms with Crippen LogP contribution in [0.15, 0.2) is 18.2 Å². The summed E-state index contributed by atoms with van der Waals surface area (Å²) >= 11 is 12.3. The summed E-state index contributed by atoms with van der Waals surface area (Å²) in [5.41, 5.74) is 0.422. The number of hydrogen-bond acceptors (Lipinski definition) is 2. The van der Waals surface area contributed by atoms with Crippen LogP contribution in [-0.2, 0) is 0 Å². The second-order valence-electron chi connectivity index (χ2n) is 4.74. The highest BCUT2D eigenvalue weighted by Gasteiger charge is 2.28. The van der Waals surface area contributed by atoms with Crippen molar-refractivity contribution >= 4 is 29.1 Å². The summed E-state index contributed by atoms with van der Waals surface area (Å²) in [5, 5.41) is 4.13. The minimum Gasteiger partial charge on any atom is -0.334 e. The molecule has 1 N–H and O–H groups in total. The van der Waals surface area contributed by atoms with Crippen molar-refractivity contribution < 1.29 is 4.79 Å². The van der Waals surface area contributed by atoms with Crippen LogP contribution in [0.2, 0.25) is 10.0 Å². The van der Waals surface area contributed by atoms with E-state index in [0.29, 0.717) is 15.6 Å². The smallest absolute Gasteiger partial charge is 0.257 e. The molecule has 1 aromatic rings. The maximum absolute atomic E-state index is 12.7. The summed E-state index contributed by atoms with van der Waals surface area (Å²) in [4.78, 5) is 14.6. The molecule has 1 fully saturated rings. The summed E-state index contributed by atoms with van der Waals surface area (Å²) < 4.78 is 0. The molecule has 0 radical (unpaired) electrons. The van der Waals surface area contributed by atoms with Crippen LogP contribution in [0.5, 0.6) is 0 Å². The van der Waals surface area contributed by atoms with Crippen molar-refractivity contribution in [1.29, 1.82) is 0 Å². The summed E-state index contributed by atoms with van der Waals surface area (Å²) in [6.07, 6.45) is 1.90. The number of nitrogens with one attached hydrogen (secondary N) is 1. The lowest BCUT2D eigenvalue weighted by Crippen LogP contribution is -2.42. The highest BCUT2D eigenvalue weighted by Crippen LogP contribution is 2.27. The third kappa shape index (κ3) is 3.22. The van der Waals surface area contributed by atoms with Crippen LogP contribution in [0.4, 0.5) is 0 Å². The van der Waals surface area contributed by atoms with Crippen LogP contribution in [0.1, 0.15) is 30.1 Å². The van der Waals surface area contributed by atoms with Crippen molar-refractivity contribution in [2.75, 3.05) is 19.6 Å². The Kier molecular flexibility index (Phi) is 5.08. The minimum absolute atomic E-state index is 0.0637. The van der Waals surface area contributed by atoms with Gasteiger partial charge in [-0.3, -0.25) is 4.79 Å². The van der Waals surface area contributed by atoms with E-state index in [1.165, 1.54) is 0 Å². The van der Waals surface area contributed by atoms with E-state index in [9.17, 15) is 4.79 Å². The van der Waals surface area contributed by atoms with Gasteiger partial charge in [0.25, 0.3) is 5.91 Å². The number of rotatable bonds is 4. The van der Waals surface area contributed by atoms with Crippen LogP contribution in [0.3, 0.4) is 0 Å². The van der Waals surface area contributed by atoms with Crippen molar-refractivity contribution in [1.82, 2.24) is 10.2 Å². The highest BCUT2D eigenvalue weighted by atomic mass is 35.5. The van der Waals surface area contributed by atoms with Crippen LogP contribution < -0.4 is 5.32 Å². The lowest BCUT2D eigenvalue weighted by Gasteiger charge is -2.29. The van der Waals surface area contributed by atoms with Crippen LogP contribution in [-0.4, -0.2) is 36.5 Å². The number of amides is 1. The first kappa shape index (κ1) is 14.6. The molecule has 0 saturated carbocycles. The van der Waals surface area contributed by atoms with Crippen LogP contribution >= 0.6 is 23.2 Å². The molecular formula is C14H18Cl2N2O. The summed E-state index contributed by atoms with van der Waals surface area (Å²) in [6, 6.07) is 5.40. The molecule has 1 atom stereocenters. The Bertz CT molecular complexity index is 439. The normalized spacial score (nSPS) is 18.6. The maximum Gasteiger partial charge on any atom is 0.257 e. The first-order valence-electron chi connectivity index (χ1n) is 6.60. The van der Waals surface area contributed by atoms with Gasteiger partial charge in [-0.2, -0.15) is 0 Å². The summed E-state index contributed by atoms with van der Waals surface area (Å²) in [7, 11) is 0. The molecule has 0 bridgehead atoms. The molecule has 1 aromatic carbocycles. The standard InChI is InChI=1S/C14H18Cl2N2O/c1-2-8-18(10-6-7-17-9-10)14(19)13-11(15)4-3-5-12(13)16/h3-5,10,17H,2,6-9H2,1H3. The van der Waals surface area contributed by atoms with E-state index in [0.717, 1.165) is 32.5 Å². The summed E-state index contributed by atoms with van der Waals surface area (Å²) in [5.74, 6) is -0.0637. The largest absolute Gasteiger partial charge is 0.334 e. The van der Waals surface area contributed by atoms with Gasteiger partial charge in [-0.25, -0.2) is 0 Å². The molecule has 104 valence electrons. The van der Waals surface area contributed by atoms with Crippen molar-refractivity contribution in [2.45, 2.75) is 25.8 Å². The monoisotopic (exact) mass is 300 g/mol. The van der Waals surface area contributed by atoms with Crippen LogP contribution in [0.25, 0.3) is 0 Å². The fourth-order valence-electron chi connectivity index (χ4n) is 2.44. The van der Waals surface area contributed by atoms with E-state index < -0.39 is 0 Å². The zero-order valence-corrected chi connectivity index (χ0v) is 12.5. The molecule has 3 nitrogen and oxygen atoms in total. The highest BCUT2D eigenvalue weighted by molar-refractivity contribution is 6.39. The second-order valence-corrected chi connectivity index (χ2v) is 5.56. The number of halogens is 2. The first-order valence-corrected chi connectivity index (χ1v) is 7.36.